The third-order valence-electron chi connectivity index (χ3n) is 2.33. The van der Waals surface area contributed by atoms with E-state index in [0.717, 1.165) is 6.42 Å². The van der Waals surface area contributed by atoms with Gasteiger partial charge in [-0.2, -0.15) is 0 Å². The molecule has 0 spiro atoms. The fourth-order valence-electron chi connectivity index (χ4n) is 0.987. The number of carbonyl (C=O) groups is 1. The molecule has 0 saturated carbocycles. The Morgan fingerprint density at radius 3 is 2.69 bits per heavy atom. The van der Waals surface area contributed by atoms with E-state index in [1.807, 2.05) is 13.8 Å². The first-order chi connectivity index (χ1) is 7.04. The van der Waals surface area contributed by atoms with Gasteiger partial charge in [0.15, 0.2) is 5.13 Å². The lowest BCUT2D eigenvalue weighted by Gasteiger charge is -2.13. The first-order valence-corrected chi connectivity index (χ1v) is 5.87. The number of halogens is 1. The summed E-state index contributed by atoms with van der Waals surface area (Å²) in [5.74, 6) is -0.263. The smallest absolute Gasteiger partial charge is 0.230 e. The van der Waals surface area contributed by atoms with Gasteiger partial charge in [-0.25, -0.2) is 4.98 Å². The summed E-state index contributed by atoms with van der Waals surface area (Å²) in [5.41, 5.74) is 5.64. The first-order valence-electron chi connectivity index (χ1n) is 5.05. The topological polar surface area (TPSA) is 68.0 Å². The molecule has 1 rings (SSSR count). The number of nitrogens with two attached hydrogens (primary N) is 1. The number of anilines is 1. The molecule has 0 aromatic carbocycles. The fraction of sp³-hybridized carbons (Fsp3) is 0.600. The Morgan fingerprint density at radius 1 is 1.62 bits per heavy atom. The maximum absolute atomic E-state index is 11.6. The molecule has 0 aliphatic rings. The maximum atomic E-state index is 11.6. The summed E-state index contributed by atoms with van der Waals surface area (Å²) in [4.78, 5) is 16.9. The minimum atomic E-state index is -0.195. The molecule has 0 radical (unpaired) electrons. The van der Waals surface area contributed by atoms with Crippen molar-refractivity contribution in [1.82, 2.24) is 4.98 Å². The number of nitrogens with zero attached hydrogens (tertiary/aromatic N) is 1. The Bertz CT molecular complexity index is 341. The van der Waals surface area contributed by atoms with Crippen molar-refractivity contribution in [3.63, 3.8) is 0 Å². The molecule has 3 N–H and O–H groups in total. The molecule has 0 aliphatic heterocycles. The van der Waals surface area contributed by atoms with Gasteiger partial charge in [0.1, 0.15) is 0 Å². The Kier molecular flexibility index (Phi) is 6.55. The summed E-state index contributed by atoms with van der Waals surface area (Å²) in [5, 5.41) is 3.42. The second-order valence-corrected chi connectivity index (χ2v) is 4.74. The standard InChI is InChI=1S/C10H17N3OS.ClH/c1-4-8-5-12-10(15-8)13-9(14)6(2)7(3)11;/h5-7H,4,11H2,1-3H3,(H,12,13,14);1H. The predicted molar refractivity (Wildman–Crippen MR) is 70.2 cm³/mol. The van der Waals surface area contributed by atoms with Crippen LogP contribution in [0.2, 0.25) is 0 Å². The highest BCUT2D eigenvalue weighted by Gasteiger charge is 2.17. The van der Waals surface area contributed by atoms with Gasteiger partial charge >= 0.3 is 0 Å². The van der Waals surface area contributed by atoms with Crippen LogP contribution in [0.4, 0.5) is 5.13 Å². The second-order valence-electron chi connectivity index (χ2n) is 3.62. The van der Waals surface area contributed by atoms with E-state index in [1.54, 1.807) is 6.20 Å². The molecule has 1 aromatic rings. The van der Waals surface area contributed by atoms with Crippen molar-refractivity contribution < 1.29 is 4.79 Å². The lowest BCUT2D eigenvalue weighted by Crippen LogP contribution is -2.34. The average molecular weight is 264 g/mol. The molecular formula is C10H18ClN3OS. The summed E-state index contributed by atoms with van der Waals surface area (Å²) in [7, 11) is 0. The highest BCUT2D eigenvalue weighted by atomic mass is 35.5. The van der Waals surface area contributed by atoms with Gasteiger partial charge < -0.3 is 11.1 Å². The molecule has 0 aliphatic carbocycles. The zero-order valence-corrected chi connectivity index (χ0v) is 11.3. The third-order valence-corrected chi connectivity index (χ3v) is 3.39. The molecule has 6 heteroatoms. The maximum Gasteiger partial charge on any atom is 0.230 e. The molecule has 4 nitrogen and oxygen atoms in total. The molecule has 92 valence electrons. The van der Waals surface area contributed by atoms with Gasteiger partial charge in [0.05, 0.1) is 5.92 Å². The van der Waals surface area contributed by atoms with E-state index >= 15 is 0 Å². The van der Waals surface area contributed by atoms with Crippen molar-refractivity contribution in [2.45, 2.75) is 33.2 Å². The largest absolute Gasteiger partial charge is 0.327 e. The summed E-state index contributed by atoms with van der Waals surface area (Å²) in [6, 6.07) is -0.143. The van der Waals surface area contributed by atoms with Gasteiger partial charge in [-0.3, -0.25) is 4.79 Å². The summed E-state index contributed by atoms with van der Waals surface area (Å²) in [6.07, 6.45) is 2.73. The Balaban J connectivity index is 0.00000225. The number of rotatable bonds is 4. The van der Waals surface area contributed by atoms with Crippen LogP contribution in [0.15, 0.2) is 6.20 Å². The number of nitrogens with one attached hydrogen (secondary N) is 1. The molecule has 0 bridgehead atoms. The van der Waals surface area contributed by atoms with Crippen LogP contribution in [0, 0.1) is 5.92 Å². The number of amides is 1. The van der Waals surface area contributed by atoms with Gasteiger partial charge in [-0.05, 0) is 13.3 Å². The molecule has 2 unspecified atom stereocenters. The Morgan fingerprint density at radius 2 is 2.25 bits per heavy atom. The first kappa shape index (κ1) is 15.3. The van der Waals surface area contributed by atoms with E-state index in [-0.39, 0.29) is 30.3 Å². The van der Waals surface area contributed by atoms with Crippen LogP contribution >= 0.6 is 23.7 Å². The van der Waals surface area contributed by atoms with E-state index in [2.05, 4.69) is 17.2 Å². The molecule has 2 atom stereocenters. The van der Waals surface area contributed by atoms with Gasteiger partial charge in [-0.1, -0.05) is 13.8 Å². The predicted octanol–water partition coefficient (Wildman–Crippen LogP) is 2.05. The Labute approximate surface area is 106 Å². The van der Waals surface area contributed by atoms with E-state index in [4.69, 9.17) is 5.73 Å². The monoisotopic (exact) mass is 263 g/mol. The second kappa shape index (κ2) is 6.83. The number of carbonyl (C=O) groups excluding carboxylic acids is 1. The van der Waals surface area contributed by atoms with E-state index < -0.39 is 0 Å². The summed E-state index contributed by atoms with van der Waals surface area (Å²) in [6.45, 7) is 5.70. The zero-order chi connectivity index (χ0) is 11.4. The number of aromatic nitrogens is 1. The van der Waals surface area contributed by atoms with Crippen molar-refractivity contribution in [1.29, 1.82) is 0 Å². The van der Waals surface area contributed by atoms with E-state index in [0.29, 0.717) is 5.13 Å². The van der Waals surface area contributed by atoms with Crippen LogP contribution in [0.5, 0.6) is 0 Å². The molecule has 0 fully saturated rings. The quantitative estimate of drug-likeness (QED) is 0.874. The zero-order valence-electron chi connectivity index (χ0n) is 9.69. The lowest BCUT2D eigenvalue weighted by molar-refractivity contribution is -0.119. The average Bonchev–Trinajstić information content (AvgIpc) is 2.64. The third kappa shape index (κ3) is 4.08. The van der Waals surface area contributed by atoms with E-state index in [9.17, 15) is 4.79 Å². The van der Waals surface area contributed by atoms with Crippen molar-refractivity contribution in [2.24, 2.45) is 11.7 Å². The SMILES string of the molecule is CCc1cnc(NC(=O)C(C)C(C)N)s1.Cl. The van der Waals surface area contributed by atoms with E-state index in [1.165, 1.54) is 16.2 Å². The van der Waals surface area contributed by atoms with Crippen LogP contribution in [0.3, 0.4) is 0 Å². The van der Waals surface area contributed by atoms with Crippen LogP contribution < -0.4 is 11.1 Å². The normalized spacial score (nSPS) is 13.8. The highest BCUT2D eigenvalue weighted by Crippen LogP contribution is 2.19. The summed E-state index contributed by atoms with van der Waals surface area (Å²) >= 11 is 1.51. The van der Waals surface area contributed by atoms with Gasteiger partial charge in [0, 0.05) is 17.1 Å². The van der Waals surface area contributed by atoms with Gasteiger partial charge in [0.25, 0.3) is 0 Å². The van der Waals surface area contributed by atoms with Crippen LogP contribution in [0.25, 0.3) is 0 Å². The number of thiazole rings is 1. The minimum Gasteiger partial charge on any atom is -0.327 e. The molecular weight excluding hydrogens is 246 g/mol. The number of hydrogen-bond acceptors (Lipinski definition) is 4. The van der Waals surface area contributed by atoms with Crippen LogP contribution in [0.1, 0.15) is 25.6 Å². The molecule has 16 heavy (non-hydrogen) atoms. The summed E-state index contributed by atoms with van der Waals surface area (Å²) < 4.78 is 0. The molecule has 1 heterocycles. The number of aryl methyl sites for hydroxylation is 1. The molecule has 1 amide bonds. The van der Waals surface area contributed by atoms with Crippen molar-refractivity contribution >= 4 is 34.8 Å². The molecule has 1 aromatic heterocycles. The van der Waals surface area contributed by atoms with Gasteiger partial charge in [0.2, 0.25) is 5.91 Å². The van der Waals surface area contributed by atoms with Gasteiger partial charge in [-0.15, -0.1) is 23.7 Å². The van der Waals surface area contributed by atoms with Crippen molar-refractivity contribution in [3.05, 3.63) is 11.1 Å². The fourth-order valence-corrected chi connectivity index (χ4v) is 1.74. The minimum absolute atomic E-state index is 0. The van der Waals surface area contributed by atoms with Crippen LogP contribution in [-0.4, -0.2) is 16.9 Å². The van der Waals surface area contributed by atoms with Crippen LogP contribution in [-0.2, 0) is 11.2 Å². The number of hydrogen-bond donors (Lipinski definition) is 2. The highest BCUT2D eigenvalue weighted by molar-refractivity contribution is 7.15. The molecule has 0 saturated heterocycles. The Hall–Kier alpha value is -0.650. The van der Waals surface area contributed by atoms with Crippen molar-refractivity contribution in [3.8, 4) is 0 Å². The lowest BCUT2D eigenvalue weighted by atomic mass is 10.0. The van der Waals surface area contributed by atoms with Crippen molar-refractivity contribution in [2.75, 3.05) is 5.32 Å².